The molecule has 0 radical (unpaired) electrons. The molecule has 0 spiro atoms. The lowest BCUT2D eigenvalue weighted by molar-refractivity contribution is -0.154. The smallest absolute Gasteiger partial charge is 0.165 e. The third-order valence-electron chi connectivity index (χ3n) is 3.72. The molecule has 3 heteroatoms. The first-order valence-electron chi connectivity index (χ1n) is 6.69. The van der Waals surface area contributed by atoms with Crippen molar-refractivity contribution < 1.29 is 9.47 Å². The van der Waals surface area contributed by atoms with Gasteiger partial charge >= 0.3 is 0 Å². The quantitative estimate of drug-likeness (QED) is 0.799. The van der Waals surface area contributed by atoms with Gasteiger partial charge in [-0.05, 0) is 38.6 Å². The van der Waals surface area contributed by atoms with Gasteiger partial charge in [0, 0.05) is 12.5 Å². The SMILES string of the molecule is C[C@@H](C[C@@H]1CCCCN1)CC1(C)OCCO1. The number of piperidine rings is 1. The van der Waals surface area contributed by atoms with Crippen LogP contribution in [0.3, 0.4) is 0 Å². The van der Waals surface area contributed by atoms with E-state index in [9.17, 15) is 0 Å². The molecule has 2 aliphatic rings. The van der Waals surface area contributed by atoms with Crippen LogP contribution in [0.2, 0.25) is 0 Å². The molecule has 0 saturated carbocycles. The van der Waals surface area contributed by atoms with Gasteiger partial charge in [0.2, 0.25) is 0 Å². The van der Waals surface area contributed by atoms with Gasteiger partial charge in [-0.25, -0.2) is 0 Å². The Labute approximate surface area is 98.9 Å². The Hall–Kier alpha value is -0.120. The van der Waals surface area contributed by atoms with Gasteiger partial charge in [0.15, 0.2) is 5.79 Å². The van der Waals surface area contributed by atoms with E-state index in [1.807, 2.05) is 0 Å². The van der Waals surface area contributed by atoms with Gasteiger partial charge in [-0.2, -0.15) is 0 Å². The zero-order chi connectivity index (χ0) is 11.4. The highest BCUT2D eigenvalue weighted by molar-refractivity contribution is 4.78. The average Bonchev–Trinajstić information content (AvgIpc) is 2.66. The van der Waals surface area contributed by atoms with E-state index in [2.05, 4.69) is 19.2 Å². The standard InChI is InChI=1S/C13H25NO2/c1-11(9-12-5-3-4-6-14-12)10-13(2)15-7-8-16-13/h11-12,14H,3-10H2,1-2H3/t11-,12-/m0/s1. The molecule has 16 heavy (non-hydrogen) atoms. The molecular formula is C13H25NO2. The Morgan fingerprint density at radius 3 is 2.69 bits per heavy atom. The first-order chi connectivity index (χ1) is 7.68. The Balaban J connectivity index is 1.72. The Morgan fingerprint density at radius 1 is 1.31 bits per heavy atom. The van der Waals surface area contributed by atoms with Crippen molar-refractivity contribution in [1.82, 2.24) is 5.32 Å². The highest BCUT2D eigenvalue weighted by atomic mass is 16.7. The minimum absolute atomic E-state index is 0.311. The number of ether oxygens (including phenoxy) is 2. The van der Waals surface area contributed by atoms with Gasteiger partial charge in [0.25, 0.3) is 0 Å². The van der Waals surface area contributed by atoms with Crippen LogP contribution in [0.4, 0.5) is 0 Å². The summed E-state index contributed by atoms with van der Waals surface area (Å²) < 4.78 is 11.3. The molecular weight excluding hydrogens is 202 g/mol. The molecule has 0 aromatic carbocycles. The van der Waals surface area contributed by atoms with Gasteiger partial charge in [-0.15, -0.1) is 0 Å². The number of rotatable bonds is 4. The summed E-state index contributed by atoms with van der Waals surface area (Å²) in [5.41, 5.74) is 0. The molecule has 0 unspecified atom stereocenters. The molecule has 0 aromatic heterocycles. The van der Waals surface area contributed by atoms with Crippen molar-refractivity contribution in [2.24, 2.45) is 5.92 Å². The van der Waals surface area contributed by atoms with Gasteiger partial charge < -0.3 is 14.8 Å². The Kier molecular flexibility index (Phi) is 4.22. The van der Waals surface area contributed by atoms with E-state index in [0.717, 1.165) is 19.6 Å². The van der Waals surface area contributed by atoms with Gasteiger partial charge in [-0.3, -0.25) is 0 Å². The molecule has 0 aromatic rings. The van der Waals surface area contributed by atoms with E-state index < -0.39 is 0 Å². The predicted molar refractivity (Wildman–Crippen MR) is 64.3 cm³/mol. The molecule has 2 aliphatic heterocycles. The summed E-state index contributed by atoms with van der Waals surface area (Å²) in [4.78, 5) is 0. The van der Waals surface area contributed by atoms with E-state index >= 15 is 0 Å². The van der Waals surface area contributed by atoms with Crippen molar-refractivity contribution in [3.8, 4) is 0 Å². The summed E-state index contributed by atoms with van der Waals surface area (Å²) in [6.07, 6.45) is 6.33. The largest absolute Gasteiger partial charge is 0.348 e. The second-order valence-corrected chi connectivity index (χ2v) is 5.52. The third kappa shape index (κ3) is 3.44. The van der Waals surface area contributed by atoms with Crippen LogP contribution in [0.15, 0.2) is 0 Å². The van der Waals surface area contributed by atoms with Crippen LogP contribution < -0.4 is 5.32 Å². The maximum Gasteiger partial charge on any atom is 0.165 e. The first-order valence-corrected chi connectivity index (χ1v) is 6.69. The van der Waals surface area contributed by atoms with E-state index in [-0.39, 0.29) is 5.79 Å². The van der Waals surface area contributed by atoms with Crippen molar-refractivity contribution in [3.05, 3.63) is 0 Å². The first kappa shape index (κ1) is 12.3. The third-order valence-corrected chi connectivity index (χ3v) is 3.72. The number of nitrogens with one attached hydrogen (secondary N) is 1. The van der Waals surface area contributed by atoms with Crippen LogP contribution in [0.25, 0.3) is 0 Å². The maximum atomic E-state index is 5.66. The molecule has 2 rings (SSSR count). The average molecular weight is 227 g/mol. The van der Waals surface area contributed by atoms with Crippen molar-refractivity contribution in [1.29, 1.82) is 0 Å². The molecule has 2 heterocycles. The molecule has 2 saturated heterocycles. The summed E-state index contributed by atoms with van der Waals surface area (Å²) in [7, 11) is 0. The van der Waals surface area contributed by atoms with E-state index in [0.29, 0.717) is 12.0 Å². The molecule has 1 N–H and O–H groups in total. The number of hydrogen-bond donors (Lipinski definition) is 1. The monoisotopic (exact) mass is 227 g/mol. The summed E-state index contributed by atoms with van der Waals surface area (Å²) in [6.45, 7) is 7.09. The van der Waals surface area contributed by atoms with Crippen LogP contribution in [0.5, 0.6) is 0 Å². The summed E-state index contributed by atoms with van der Waals surface area (Å²) in [5, 5.41) is 3.61. The molecule has 0 bridgehead atoms. The lowest BCUT2D eigenvalue weighted by Crippen LogP contribution is -2.37. The summed E-state index contributed by atoms with van der Waals surface area (Å²) >= 11 is 0. The second kappa shape index (κ2) is 5.48. The zero-order valence-electron chi connectivity index (χ0n) is 10.6. The Bertz CT molecular complexity index is 208. The van der Waals surface area contributed by atoms with Crippen LogP contribution in [0, 0.1) is 5.92 Å². The topological polar surface area (TPSA) is 30.5 Å². The van der Waals surface area contributed by atoms with Gasteiger partial charge in [0.1, 0.15) is 0 Å². The van der Waals surface area contributed by atoms with Gasteiger partial charge in [0.05, 0.1) is 13.2 Å². The van der Waals surface area contributed by atoms with Crippen LogP contribution in [-0.2, 0) is 9.47 Å². The predicted octanol–water partition coefficient (Wildman–Crippen LogP) is 2.31. The summed E-state index contributed by atoms with van der Waals surface area (Å²) in [6, 6.07) is 0.716. The van der Waals surface area contributed by atoms with E-state index in [4.69, 9.17) is 9.47 Å². The maximum absolute atomic E-state index is 5.66. The van der Waals surface area contributed by atoms with Crippen molar-refractivity contribution in [3.63, 3.8) is 0 Å². The molecule has 0 aliphatic carbocycles. The molecule has 2 atom stereocenters. The summed E-state index contributed by atoms with van der Waals surface area (Å²) in [5.74, 6) is 0.354. The van der Waals surface area contributed by atoms with E-state index in [1.165, 1.54) is 32.2 Å². The molecule has 94 valence electrons. The molecule has 2 fully saturated rings. The van der Waals surface area contributed by atoms with Crippen molar-refractivity contribution >= 4 is 0 Å². The van der Waals surface area contributed by atoms with Crippen LogP contribution >= 0.6 is 0 Å². The lowest BCUT2D eigenvalue weighted by atomic mass is 9.91. The normalized spacial score (nSPS) is 31.5. The van der Waals surface area contributed by atoms with E-state index in [1.54, 1.807) is 0 Å². The second-order valence-electron chi connectivity index (χ2n) is 5.52. The highest BCUT2D eigenvalue weighted by Gasteiger charge is 2.33. The molecule has 3 nitrogen and oxygen atoms in total. The van der Waals surface area contributed by atoms with Crippen LogP contribution in [-0.4, -0.2) is 31.6 Å². The van der Waals surface area contributed by atoms with Crippen molar-refractivity contribution in [2.75, 3.05) is 19.8 Å². The Morgan fingerprint density at radius 2 is 2.06 bits per heavy atom. The lowest BCUT2D eigenvalue weighted by Gasteiger charge is -2.30. The number of hydrogen-bond acceptors (Lipinski definition) is 3. The minimum atomic E-state index is -0.311. The molecule has 0 amide bonds. The fourth-order valence-corrected chi connectivity index (χ4v) is 3.00. The van der Waals surface area contributed by atoms with Crippen LogP contribution in [0.1, 0.15) is 46.0 Å². The van der Waals surface area contributed by atoms with Gasteiger partial charge in [-0.1, -0.05) is 13.3 Å². The zero-order valence-corrected chi connectivity index (χ0v) is 10.6. The van der Waals surface area contributed by atoms with Crippen molar-refractivity contribution in [2.45, 2.75) is 57.8 Å². The minimum Gasteiger partial charge on any atom is -0.348 e. The fourth-order valence-electron chi connectivity index (χ4n) is 3.00. The highest BCUT2D eigenvalue weighted by Crippen LogP contribution is 2.29. The fraction of sp³-hybridized carbons (Fsp3) is 1.00.